The number of benzene rings is 3. The van der Waals surface area contributed by atoms with Gasteiger partial charge in [-0.3, -0.25) is 19.4 Å². The average molecular weight is 567 g/mol. The van der Waals surface area contributed by atoms with Crippen molar-refractivity contribution in [2.75, 3.05) is 14.1 Å². The van der Waals surface area contributed by atoms with Crippen molar-refractivity contribution in [3.8, 4) is 0 Å². The van der Waals surface area contributed by atoms with E-state index in [1.54, 1.807) is 30.8 Å². The van der Waals surface area contributed by atoms with Gasteiger partial charge in [0.2, 0.25) is 11.8 Å². The minimum atomic E-state index is -0.878. The average Bonchev–Trinajstić information content (AvgIpc) is 3.39. The molecule has 0 unspecified atom stereocenters. The predicted molar refractivity (Wildman–Crippen MR) is 160 cm³/mol. The van der Waals surface area contributed by atoms with Crippen LogP contribution >= 0.6 is 0 Å². The lowest BCUT2D eigenvalue weighted by Crippen LogP contribution is -2.48. The standard InChI is InChI=1S/C34H38N4O4/c1-22(31(39)37-29(23(2)35(4)33(37)41)26-17-11-7-12-18-26)28(21-25-15-9-6-10-16-25)32(40)38-30(24(3)36(5)34(38)42)27-19-13-8-14-20-27/h6-20,22-24,28-30H,21H2,1-5H3/t22-,23-,24-,28-,29-,30-/m0/s1. The smallest absolute Gasteiger partial charge is 0.322 e. The van der Waals surface area contributed by atoms with Crippen molar-refractivity contribution in [1.29, 1.82) is 0 Å². The maximum absolute atomic E-state index is 14.6. The molecule has 2 aliphatic rings. The fourth-order valence-electron chi connectivity index (χ4n) is 6.32. The van der Waals surface area contributed by atoms with E-state index >= 15 is 0 Å². The van der Waals surface area contributed by atoms with E-state index in [1.165, 1.54) is 9.80 Å². The Morgan fingerprint density at radius 3 is 1.45 bits per heavy atom. The molecule has 8 nitrogen and oxygen atoms in total. The Hall–Kier alpha value is -4.46. The molecular weight excluding hydrogens is 528 g/mol. The van der Waals surface area contributed by atoms with Crippen LogP contribution < -0.4 is 0 Å². The summed E-state index contributed by atoms with van der Waals surface area (Å²) in [5.41, 5.74) is 2.57. The second-order valence-corrected chi connectivity index (χ2v) is 11.5. The highest BCUT2D eigenvalue weighted by Crippen LogP contribution is 2.40. The van der Waals surface area contributed by atoms with Gasteiger partial charge in [0.05, 0.1) is 30.1 Å². The molecule has 0 saturated carbocycles. The van der Waals surface area contributed by atoms with Crippen LogP contribution in [0.1, 0.15) is 49.5 Å². The lowest BCUT2D eigenvalue weighted by atomic mass is 9.84. The zero-order valence-electron chi connectivity index (χ0n) is 24.8. The van der Waals surface area contributed by atoms with Crippen molar-refractivity contribution in [3.63, 3.8) is 0 Å². The minimum absolute atomic E-state index is 0.249. The summed E-state index contributed by atoms with van der Waals surface area (Å²) in [5, 5.41) is 0. The van der Waals surface area contributed by atoms with E-state index in [4.69, 9.17) is 0 Å². The third kappa shape index (κ3) is 5.06. The number of hydrogen-bond acceptors (Lipinski definition) is 4. The van der Waals surface area contributed by atoms with Crippen LogP contribution in [-0.4, -0.2) is 69.7 Å². The number of carbonyl (C=O) groups is 4. The number of likely N-dealkylation sites (N-methyl/N-ethyl adjacent to an activating group) is 2. The van der Waals surface area contributed by atoms with Gasteiger partial charge >= 0.3 is 12.1 Å². The highest BCUT2D eigenvalue weighted by atomic mass is 16.2. The van der Waals surface area contributed by atoms with Crippen LogP contribution in [0.4, 0.5) is 9.59 Å². The molecule has 0 bridgehead atoms. The number of carbonyl (C=O) groups excluding carboxylic acids is 4. The zero-order valence-corrected chi connectivity index (χ0v) is 24.8. The van der Waals surface area contributed by atoms with Gasteiger partial charge in [0.25, 0.3) is 0 Å². The first-order valence-corrected chi connectivity index (χ1v) is 14.5. The van der Waals surface area contributed by atoms with Gasteiger partial charge in [-0.2, -0.15) is 0 Å². The van der Waals surface area contributed by atoms with Gasteiger partial charge < -0.3 is 9.80 Å². The van der Waals surface area contributed by atoms with Crippen LogP contribution in [-0.2, 0) is 16.0 Å². The molecule has 0 aliphatic carbocycles. The summed E-state index contributed by atoms with van der Waals surface area (Å²) in [6, 6.07) is 26.2. The van der Waals surface area contributed by atoms with E-state index in [0.717, 1.165) is 16.7 Å². The Bertz CT molecular complexity index is 1450. The van der Waals surface area contributed by atoms with Crippen molar-refractivity contribution in [2.24, 2.45) is 11.8 Å². The number of urea groups is 2. The summed E-state index contributed by atoms with van der Waals surface area (Å²) >= 11 is 0. The predicted octanol–water partition coefficient (Wildman–Crippen LogP) is 5.53. The van der Waals surface area contributed by atoms with Gasteiger partial charge in [-0.05, 0) is 37.0 Å². The molecular formula is C34H38N4O4. The van der Waals surface area contributed by atoms with Crippen LogP contribution in [0, 0.1) is 11.8 Å². The van der Waals surface area contributed by atoms with Gasteiger partial charge in [0, 0.05) is 20.0 Å². The summed E-state index contributed by atoms with van der Waals surface area (Å²) in [4.78, 5) is 61.8. The summed E-state index contributed by atoms with van der Waals surface area (Å²) < 4.78 is 0. The number of amides is 6. The van der Waals surface area contributed by atoms with E-state index in [9.17, 15) is 19.2 Å². The van der Waals surface area contributed by atoms with Crippen molar-refractivity contribution < 1.29 is 19.2 Å². The second kappa shape index (κ2) is 11.8. The SMILES string of the molecule is C[C@H](C(=O)N1C(=O)N(C)[C@@H](C)[C@H]1c1ccccc1)[C@H](Cc1ccccc1)C(=O)N1C(=O)N(C)[C@@H](C)[C@H]1c1ccccc1. The van der Waals surface area contributed by atoms with E-state index in [1.807, 2.05) is 105 Å². The van der Waals surface area contributed by atoms with Crippen LogP contribution in [0.5, 0.6) is 0 Å². The number of imide groups is 2. The molecule has 3 aromatic rings. The second-order valence-electron chi connectivity index (χ2n) is 11.5. The third-order valence-corrected chi connectivity index (χ3v) is 9.07. The first-order valence-electron chi connectivity index (χ1n) is 14.5. The fourth-order valence-corrected chi connectivity index (χ4v) is 6.32. The molecule has 0 aromatic heterocycles. The summed E-state index contributed by atoms with van der Waals surface area (Å²) in [6.07, 6.45) is 0.249. The van der Waals surface area contributed by atoms with Gasteiger partial charge in [0.1, 0.15) is 0 Å². The van der Waals surface area contributed by atoms with Gasteiger partial charge in [-0.25, -0.2) is 9.59 Å². The molecule has 42 heavy (non-hydrogen) atoms. The maximum atomic E-state index is 14.6. The molecule has 2 aliphatic heterocycles. The van der Waals surface area contributed by atoms with Crippen molar-refractivity contribution in [2.45, 2.75) is 51.4 Å². The Balaban J connectivity index is 1.54. The van der Waals surface area contributed by atoms with E-state index in [0.29, 0.717) is 0 Å². The third-order valence-electron chi connectivity index (χ3n) is 9.07. The molecule has 6 amide bonds. The molecule has 0 N–H and O–H groups in total. The molecule has 8 heteroatoms. The topological polar surface area (TPSA) is 81.2 Å². The Labute approximate surface area is 247 Å². The van der Waals surface area contributed by atoms with Gasteiger partial charge in [-0.15, -0.1) is 0 Å². The van der Waals surface area contributed by atoms with Gasteiger partial charge in [-0.1, -0.05) is 97.9 Å². The molecule has 0 spiro atoms. The van der Waals surface area contributed by atoms with Crippen LogP contribution in [0.25, 0.3) is 0 Å². The lowest BCUT2D eigenvalue weighted by Gasteiger charge is -2.33. The molecule has 218 valence electrons. The van der Waals surface area contributed by atoms with E-state index in [-0.39, 0.29) is 18.5 Å². The summed E-state index contributed by atoms with van der Waals surface area (Å²) in [5.74, 6) is -2.60. The van der Waals surface area contributed by atoms with Crippen molar-refractivity contribution in [1.82, 2.24) is 19.6 Å². The largest absolute Gasteiger partial charge is 0.327 e. The lowest BCUT2D eigenvalue weighted by molar-refractivity contribution is -0.143. The highest BCUT2D eigenvalue weighted by molar-refractivity contribution is 6.03. The first-order chi connectivity index (χ1) is 20.1. The normalized spacial score (nSPS) is 23.8. The number of rotatable bonds is 7. The Morgan fingerprint density at radius 2 is 1.02 bits per heavy atom. The minimum Gasteiger partial charge on any atom is -0.322 e. The summed E-state index contributed by atoms with van der Waals surface area (Å²) in [7, 11) is 3.39. The molecule has 0 radical (unpaired) electrons. The number of hydrogen-bond donors (Lipinski definition) is 0. The monoisotopic (exact) mass is 566 g/mol. The van der Waals surface area contributed by atoms with E-state index in [2.05, 4.69) is 0 Å². The maximum Gasteiger partial charge on any atom is 0.327 e. The quantitative estimate of drug-likeness (QED) is 0.377. The molecule has 6 atom stereocenters. The van der Waals surface area contributed by atoms with Crippen molar-refractivity contribution in [3.05, 3.63) is 108 Å². The molecule has 2 fully saturated rings. The Kier molecular flexibility index (Phi) is 8.16. The molecule has 5 rings (SSSR count). The zero-order chi connectivity index (χ0) is 30.1. The first kappa shape index (κ1) is 29.0. The van der Waals surface area contributed by atoms with Crippen LogP contribution in [0.3, 0.4) is 0 Å². The van der Waals surface area contributed by atoms with Crippen LogP contribution in [0.2, 0.25) is 0 Å². The molecule has 2 saturated heterocycles. The van der Waals surface area contributed by atoms with Crippen LogP contribution in [0.15, 0.2) is 91.0 Å². The highest BCUT2D eigenvalue weighted by Gasteiger charge is 2.51. The van der Waals surface area contributed by atoms with Gasteiger partial charge in [0.15, 0.2) is 0 Å². The fraction of sp³-hybridized carbons (Fsp3) is 0.353. The molecule has 2 heterocycles. The van der Waals surface area contributed by atoms with Crippen molar-refractivity contribution >= 4 is 23.9 Å². The summed E-state index contributed by atoms with van der Waals surface area (Å²) in [6.45, 7) is 5.55. The number of nitrogens with zero attached hydrogens (tertiary/aromatic N) is 4. The van der Waals surface area contributed by atoms with E-state index < -0.39 is 47.8 Å². The molecule has 3 aromatic carbocycles. The Morgan fingerprint density at radius 1 is 0.643 bits per heavy atom.